The summed E-state index contributed by atoms with van der Waals surface area (Å²) in [7, 11) is 0. The zero-order chi connectivity index (χ0) is 13.7. The van der Waals surface area contributed by atoms with Gasteiger partial charge in [0.2, 0.25) is 5.91 Å². The van der Waals surface area contributed by atoms with E-state index in [1.807, 2.05) is 0 Å². The number of thiol groups is 1. The fourth-order valence-electron chi connectivity index (χ4n) is 0.894. The first kappa shape index (κ1) is 18.6. The first-order chi connectivity index (χ1) is 7.95. The normalized spacial score (nSPS) is 11.1. The van der Waals surface area contributed by atoms with Crippen molar-refractivity contribution in [1.29, 1.82) is 0 Å². The van der Waals surface area contributed by atoms with Crippen LogP contribution in [0.15, 0.2) is 0 Å². The molecule has 0 aliphatic rings. The van der Waals surface area contributed by atoms with Gasteiger partial charge in [-0.2, -0.15) is 12.6 Å². The molecule has 0 saturated heterocycles. The number of unbranched alkanes of at least 4 members (excludes halogenated alkanes) is 3. The van der Waals surface area contributed by atoms with E-state index in [9.17, 15) is 9.59 Å². The van der Waals surface area contributed by atoms with E-state index in [4.69, 9.17) is 10.8 Å². The Balaban J connectivity index is 0. The van der Waals surface area contributed by atoms with Crippen molar-refractivity contribution >= 4 is 24.5 Å². The highest BCUT2D eigenvalue weighted by Crippen LogP contribution is 1.96. The van der Waals surface area contributed by atoms with Crippen LogP contribution in [-0.4, -0.2) is 35.3 Å². The molecule has 0 radical (unpaired) electrons. The lowest BCUT2D eigenvalue weighted by Gasteiger charge is -1.99. The summed E-state index contributed by atoms with van der Waals surface area (Å²) in [6, 6.07) is -0.816. The molecule has 0 fully saturated rings. The zero-order valence-electron chi connectivity index (χ0n) is 10.6. The van der Waals surface area contributed by atoms with Crippen molar-refractivity contribution < 1.29 is 14.7 Å². The minimum atomic E-state index is -1.00. The van der Waals surface area contributed by atoms with E-state index in [1.165, 1.54) is 19.3 Å². The Kier molecular flexibility index (Phi) is 14.6. The lowest BCUT2D eigenvalue weighted by atomic mass is 10.2. The van der Waals surface area contributed by atoms with Crippen molar-refractivity contribution in [3.8, 4) is 0 Å². The Labute approximate surface area is 109 Å². The average Bonchev–Trinajstić information content (AvgIpc) is 2.28. The number of hydrogen-bond donors (Lipinski definition) is 4. The molecule has 0 aromatic rings. The molecule has 0 rings (SSSR count). The number of carboxylic acid groups (broad SMARTS) is 1. The predicted molar refractivity (Wildman–Crippen MR) is 72.3 cm³/mol. The summed E-state index contributed by atoms with van der Waals surface area (Å²) < 4.78 is 0. The molecule has 1 atom stereocenters. The Morgan fingerprint density at radius 1 is 1.35 bits per heavy atom. The van der Waals surface area contributed by atoms with Gasteiger partial charge in [0, 0.05) is 19.2 Å². The van der Waals surface area contributed by atoms with E-state index in [0.717, 1.165) is 13.0 Å². The molecule has 0 aliphatic carbocycles. The standard InChI is InChI=1S/C8H17NO.C3H7NO2S/c1-3-4-5-6-7-9-8(2)10;4-2(1-7)3(5)6/h3-7H2,1-2H3,(H,9,10);2,7H,1,4H2,(H,5,6)/t;2-/m.0/s1. The number of nitrogens with one attached hydrogen (secondary N) is 1. The largest absolute Gasteiger partial charge is 0.480 e. The van der Waals surface area contributed by atoms with E-state index in [-0.39, 0.29) is 11.7 Å². The van der Waals surface area contributed by atoms with Crippen LogP contribution in [0.25, 0.3) is 0 Å². The third kappa shape index (κ3) is 17.8. The molecule has 0 unspecified atom stereocenters. The van der Waals surface area contributed by atoms with E-state index in [0.29, 0.717) is 0 Å². The molecule has 5 nitrogen and oxygen atoms in total. The molecule has 0 spiro atoms. The topological polar surface area (TPSA) is 92.4 Å². The molecule has 102 valence electrons. The smallest absolute Gasteiger partial charge is 0.321 e. The average molecular weight is 264 g/mol. The van der Waals surface area contributed by atoms with Gasteiger partial charge in [0.25, 0.3) is 0 Å². The summed E-state index contributed by atoms with van der Waals surface area (Å²) in [6.45, 7) is 4.58. The van der Waals surface area contributed by atoms with Gasteiger partial charge in [-0.05, 0) is 6.42 Å². The maximum Gasteiger partial charge on any atom is 0.321 e. The van der Waals surface area contributed by atoms with Crippen LogP contribution in [0.5, 0.6) is 0 Å². The van der Waals surface area contributed by atoms with Gasteiger partial charge >= 0.3 is 5.97 Å². The van der Waals surface area contributed by atoms with Crippen LogP contribution >= 0.6 is 12.6 Å². The molecule has 0 aromatic carbocycles. The quantitative estimate of drug-likeness (QED) is 0.408. The Hall–Kier alpha value is -0.750. The molecular weight excluding hydrogens is 240 g/mol. The predicted octanol–water partition coefficient (Wildman–Crippen LogP) is 1.03. The number of carbonyl (C=O) groups excluding carboxylic acids is 1. The Morgan fingerprint density at radius 2 is 1.94 bits per heavy atom. The summed E-state index contributed by atoms with van der Waals surface area (Å²) in [6.07, 6.45) is 4.88. The second-order valence-electron chi connectivity index (χ2n) is 3.67. The first-order valence-corrected chi connectivity index (χ1v) is 6.42. The molecule has 0 bridgehead atoms. The van der Waals surface area contributed by atoms with Crippen molar-refractivity contribution in [3.05, 3.63) is 0 Å². The third-order valence-corrected chi connectivity index (χ3v) is 2.31. The Morgan fingerprint density at radius 3 is 2.24 bits per heavy atom. The van der Waals surface area contributed by atoms with Crippen LogP contribution in [-0.2, 0) is 9.59 Å². The number of rotatable bonds is 7. The van der Waals surface area contributed by atoms with Crippen molar-refractivity contribution in [2.75, 3.05) is 12.3 Å². The second kappa shape index (κ2) is 13.3. The van der Waals surface area contributed by atoms with Crippen molar-refractivity contribution in [2.45, 2.75) is 45.6 Å². The van der Waals surface area contributed by atoms with Crippen molar-refractivity contribution in [2.24, 2.45) is 5.73 Å². The van der Waals surface area contributed by atoms with Gasteiger partial charge in [0.15, 0.2) is 0 Å². The van der Waals surface area contributed by atoms with Crippen LogP contribution in [0.3, 0.4) is 0 Å². The summed E-state index contributed by atoms with van der Waals surface area (Å²) in [5, 5.41) is 10.8. The van der Waals surface area contributed by atoms with Gasteiger partial charge < -0.3 is 16.2 Å². The Bertz CT molecular complexity index is 213. The van der Waals surface area contributed by atoms with Gasteiger partial charge in [0.1, 0.15) is 6.04 Å². The minimum absolute atomic E-state index is 0.0801. The minimum Gasteiger partial charge on any atom is -0.480 e. The molecule has 0 aliphatic heterocycles. The maximum atomic E-state index is 10.4. The molecular formula is C11H24N2O3S. The van der Waals surface area contributed by atoms with E-state index in [2.05, 4.69) is 24.9 Å². The number of carbonyl (C=O) groups is 2. The van der Waals surface area contributed by atoms with Crippen molar-refractivity contribution in [3.63, 3.8) is 0 Å². The zero-order valence-corrected chi connectivity index (χ0v) is 11.5. The van der Waals surface area contributed by atoms with E-state index in [1.54, 1.807) is 6.92 Å². The van der Waals surface area contributed by atoms with Gasteiger partial charge in [-0.3, -0.25) is 9.59 Å². The molecule has 17 heavy (non-hydrogen) atoms. The highest BCUT2D eigenvalue weighted by molar-refractivity contribution is 7.80. The van der Waals surface area contributed by atoms with Gasteiger partial charge in [-0.1, -0.05) is 26.2 Å². The summed E-state index contributed by atoms with van der Waals surface area (Å²) >= 11 is 3.65. The summed E-state index contributed by atoms with van der Waals surface area (Å²) in [4.78, 5) is 20.1. The fraction of sp³-hybridized carbons (Fsp3) is 0.818. The highest BCUT2D eigenvalue weighted by atomic mass is 32.1. The number of hydrogen-bond acceptors (Lipinski definition) is 4. The number of nitrogens with two attached hydrogens (primary N) is 1. The van der Waals surface area contributed by atoms with Crippen LogP contribution in [0.2, 0.25) is 0 Å². The second-order valence-corrected chi connectivity index (χ2v) is 4.04. The van der Waals surface area contributed by atoms with E-state index < -0.39 is 12.0 Å². The maximum absolute atomic E-state index is 10.4. The van der Waals surface area contributed by atoms with Gasteiger partial charge in [0.05, 0.1) is 0 Å². The number of carboxylic acids is 1. The van der Waals surface area contributed by atoms with Gasteiger partial charge in [-0.15, -0.1) is 0 Å². The van der Waals surface area contributed by atoms with Crippen LogP contribution < -0.4 is 11.1 Å². The van der Waals surface area contributed by atoms with Crippen LogP contribution in [0.4, 0.5) is 0 Å². The fourth-order valence-corrected chi connectivity index (χ4v) is 1.05. The molecule has 6 heteroatoms. The molecule has 1 amide bonds. The summed E-state index contributed by atoms with van der Waals surface area (Å²) in [5.41, 5.74) is 4.94. The van der Waals surface area contributed by atoms with E-state index >= 15 is 0 Å². The number of aliphatic carboxylic acids is 1. The number of amides is 1. The molecule has 0 saturated carbocycles. The van der Waals surface area contributed by atoms with Gasteiger partial charge in [-0.25, -0.2) is 0 Å². The molecule has 0 heterocycles. The SMILES string of the molecule is CCCCCCNC(C)=O.N[C@@H](CS)C(=O)O. The van der Waals surface area contributed by atoms with Crippen LogP contribution in [0.1, 0.15) is 39.5 Å². The lowest BCUT2D eigenvalue weighted by molar-refractivity contribution is -0.137. The lowest BCUT2D eigenvalue weighted by Crippen LogP contribution is -2.31. The monoisotopic (exact) mass is 264 g/mol. The third-order valence-electron chi connectivity index (χ3n) is 1.92. The highest BCUT2D eigenvalue weighted by Gasteiger charge is 2.06. The van der Waals surface area contributed by atoms with Crippen LogP contribution in [0, 0.1) is 0 Å². The first-order valence-electron chi connectivity index (χ1n) is 5.79. The molecule has 0 aromatic heterocycles. The summed E-state index contributed by atoms with van der Waals surface area (Å²) in [5.74, 6) is -0.735. The van der Waals surface area contributed by atoms with Crippen molar-refractivity contribution in [1.82, 2.24) is 5.32 Å². The molecule has 4 N–H and O–H groups in total.